The van der Waals surface area contributed by atoms with Crippen LogP contribution in [0.1, 0.15) is 36.9 Å². The average Bonchev–Trinajstić information content (AvgIpc) is 2.71. The molecule has 0 saturated carbocycles. The highest BCUT2D eigenvalue weighted by Crippen LogP contribution is 2.26. The SMILES string of the molecule is CC1=NC(c2ccccc2)CCC(c2ccccc2)=N1. The molecule has 0 amide bonds. The van der Waals surface area contributed by atoms with Gasteiger partial charge in [-0.05, 0) is 30.9 Å². The Hall–Kier alpha value is -2.22. The highest BCUT2D eigenvalue weighted by Gasteiger charge is 2.16. The van der Waals surface area contributed by atoms with E-state index in [1.54, 1.807) is 0 Å². The van der Waals surface area contributed by atoms with E-state index in [0.717, 1.165) is 24.4 Å². The molecule has 0 fully saturated rings. The minimum Gasteiger partial charge on any atom is -0.263 e. The molecule has 1 unspecified atom stereocenters. The molecule has 2 aromatic carbocycles. The summed E-state index contributed by atoms with van der Waals surface area (Å²) in [5, 5.41) is 0. The number of hydrogen-bond donors (Lipinski definition) is 0. The summed E-state index contributed by atoms with van der Waals surface area (Å²) in [5.41, 5.74) is 3.62. The number of aliphatic imine (C=N–C) groups is 2. The van der Waals surface area contributed by atoms with Crippen LogP contribution in [0, 0.1) is 0 Å². The Morgan fingerprint density at radius 2 is 1.55 bits per heavy atom. The Kier molecular flexibility index (Phi) is 3.73. The van der Waals surface area contributed by atoms with Crippen LogP contribution in [0.4, 0.5) is 0 Å². The standard InChI is InChI=1S/C18H18N2/c1-14-19-17(15-8-4-2-5-9-15)12-13-18(20-14)16-10-6-3-7-11-16/h2-11,17H,12-13H2,1H3. The Labute approximate surface area is 119 Å². The molecule has 0 N–H and O–H groups in total. The molecule has 0 aliphatic carbocycles. The van der Waals surface area contributed by atoms with Gasteiger partial charge in [-0.25, -0.2) is 4.99 Å². The van der Waals surface area contributed by atoms with E-state index >= 15 is 0 Å². The molecule has 1 heterocycles. The summed E-state index contributed by atoms with van der Waals surface area (Å²) in [7, 11) is 0. The molecule has 2 heteroatoms. The van der Waals surface area contributed by atoms with Crippen LogP contribution in [0.3, 0.4) is 0 Å². The lowest BCUT2D eigenvalue weighted by Crippen LogP contribution is -2.02. The average molecular weight is 262 g/mol. The Bertz CT molecular complexity index is 627. The van der Waals surface area contributed by atoms with Crippen molar-refractivity contribution < 1.29 is 0 Å². The second-order valence-electron chi connectivity index (χ2n) is 5.07. The first kappa shape index (κ1) is 12.8. The van der Waals surface area contributed by atoms with Crippen molar-refractivity contribution in [2.45, 2.75) is 25.8 Å². The highest BCUT2D eigenvalue weighted by atomic mass is 14.9. The number of benzene rings is 2. The fraction of sp³-hybridized carbons (Fsp3) is 0.222. The van der Waals surface area contributed by atoms with Crippen molar-refractivity contribution in [2.24, 2.45) is 9.98 Å². The molecule has 3 rings (SSSR count). The van der Waals surface area contributed by atoms with Gasteiger partial charge in [0.25, 0.3) is 0 Å². The molecule has 0 bridgehead atoms. The van der Waals surface area contributed by atoms with Crippen LogP contribution < -0.4 is 0 Å². The van der Waals surface area contributed by atoms with E-state index in [2.05, 4.69) is 53.5 Å². The predicted molar refractivity (Wildman–Crippen MR) is 84.5 cm³/mol. The lowest BCUT2D eigenvalue weighted by Gasteiger charge is -2.11. The molecule has 0 saturated heterocycles. The van der Waals surface area contributed by atoms with E-state index in [9.17, 15) is 0 Å². The first-order chi connectivity index (χ1) is 9.83. The van der Waals surface area contributed by atoms with Crippen LogP contribution in [0.2, 0.25) is 0 Å². The van der Waals surface area contributed by atoms with Crippen LogP contribution in [-0.2, 0) is 0 Å². The van der Waals surface area contributed by atoms with Gasteiger partial charge >= 0.3 is 0 Å². The molecule has 0 radical (unpaired) electrons. The van der Waals surface area contributed by atoms with Gasteiger partial charge in [0.15, 0.2) is 0 Å². The second-order valence-corrected chi connectivity index (χ2v) is 5.07. The third-order valence-electron chi connectivity index (χ3n) is 3.59. The third-order valence-corrected chi connectivity index (χ3v) is 3.59. The summed E-state index contributed by atoms with van der Waals surface area (Å²) in [6, 6.07) is 21.1. The van der Waals surface area contributed by atoms with Crippen LogP contribution in [-0.4, -0.2) is 11.5 Å². The van der Waals surface area contributed by atoms with Gasteiger partial charge in [-0.1, -0.05) is 60.7 Å². The molecule has 100 valence electrons. The minimum atomic E-state index is 0.223. The summed E-state index contributed by atoms with van der Waals surface area (Å²) < 4.78 is 0. The van der Waals surface area contributed by atoms with Crippen LogP contribution in [0.25, 0.3) is 0 Å². The lowest BCUT2D eigenvalue weighted by atomic mass is 9.98. The maximum atomic E-state index is 4.75. The van der Waals surface area contributed by atoms with Crippen molar-refractivity contribution in [3.63, 3.8) is 0 Å². The summed E-state index contributed by atoms with van der Waals surface area (Å²) in [4.78, 5) is 9.44. The van der Waals surface area contributed by atoms with E-state index in [-0.39, 0.29) is 6.04 Å². The van der Waals surface area contributed by atoms with E-state index in [1.807, 2.05) is 19.1 Å². The summed E-state index contributed by atoms with van der Waals surface area (Å²) in [6.07, 6.45) is 1.97. The van der Waals surface area contributed by atoms with Gasteiger partial charge < -0.3 is 0 Å². The number of amidine groups is 1. The molecule has 1 aliphatic rings. The smallest absolute Gasteiger partial charge is 0.121 e. The Morgan fingerprint density at radius 1 is 0.900 bits per heavy atom. The fourth-order valence-electron chi connectivity index (χ4n) is 2.60. The van der Waals surface area contributed by atoms with Crippen molar-refractivity contribution >= 4 is 11.5 Å². The number of hydrogen-bond acceptors (Lipinski definition) is 2. The van der Waals surface area contributed by atoms with Gasteiger partial charge in [0.2, 0.25) is 0 Å². The van der Waals surface area contributed by atoms with Crippen LogP contribution in [0.5, 0.6) is 0 Å². The lowest BCUT2D eigenvalue weighted by molar-refractivity contribution is 0.680. The molecule has 2 nitrogen and oxygen atoms in total. The topological polar surface area (TPSA) is 24.7 Å². The summed E-state index contributed by atoms with van der Waals surface area (Å²) in [6.45, 7) is 1.99. The van der Waals surface area contributed by atoms with E-state index in [0.29, 0.717) is 0 Å². The normalized spacial score (nSPS) is 18.9. The minimum absolute atomic E-state index is 0.223. The molecular weight excluding hydrogens is 244 g/mol. The molecule has 20 heavy (non-hydrogen) atoms. The maximum absolute atomic E-state index is 4.75. The van der Waals surface area contributed by atoms with Gasteiger partial charge in [-0.3, -0.25) is 4.99 Å². The maximum Gasteiger partial charge on any atom is 0.121 e. The Morgan fingerprint density at radius 3 is 2.25 bits per heavy atom. The second kappa shape index (κ2) is 5.83. The van der Waals surface area contributed by atoms with Crippen LogP contribution >= 0.6 is 0 Å². The summed E-state index contributed by atoms with van der Waals surface area (Å²) >= 11 is 0. The largest absolute Gasteiger partial charge is 0.263 e. The summed E-state index contributed by atoms with van der Waals surface area (Å²) in [5.74, 6) is 0.871. The van der Waals surface area contributed by atoms with Gasteiger partial charge in [-0.15, -0.1) is 0 Å². The van der Waals surface area contributed by atoms with Crippen molar-refractivity contribution in [3.8, 4) is 0 Å². The molecular formula is C18H18N2. The molecule has 2 aromatic rings. The highest BCUT2D eigenvalue weighted by molar-refractivity contribution is 6.07. The van der Waals surface area contributed by atoms with E-state index < -0.39 is 0 Å². The zero-order valence-corrected chi connectivity index (χ0v) is 11.7. The number of nitrogens with zero attached hydrogens (tertiary/aromatic N) is 2. The van der Waals surface area contributed by atoms with Gasteiger partial charge in [0.05, 0.1) is 6.04 Å². The molecule has 1 atom stereocenters. The zero-order valence-electron chi connectivity index (χ0n) is 11.7. The van der Waals surface area contributed by atoms with E-state index in [1.165, 1.54) is 11.1 Å². The zero-order chi connectivity index (χ0) is 13.8. The van der Waals surface area contributed by atoms with Crippen LogP contribution in [0.15, 0.2) is 70.6 Å². The Balaban J connectivity index is 1.85. The molecule has 0 spiro atoms. The van der Waals surface area contributed by atoms with Crippen molar-refractivity contribution in [3.05, 3.63) is 71.8 Å². The monoisotopic (exact) mass is 262 g/mol. The van der Waals surface area contributed by atoms with Crippen molar-refractivity contribution in [1.29, 1.82) is 0 Å². The van der Waals surface area contributed by atoms with Gasteiger partial charge in [0, 0.05) is 5.71 Å². The quantitative estimate of drug-likeness (QED) is 0.765. The molecule has 0 aromatic heterocycles. The first-order valence-electron chi connectivity index (χ1n) is 7.05. The first-order valence-corrected chi connectivity index (χ1v) is 7.05. The van der Waals surface area contributed by atoms with Gasteiger partial charge in [0.1, 0.15) is 5.84 Å². The predicted octanol–water partition coefficient (Wildman–Crippen LogP) is 4.43. The molecule has 1 aliphatic heterocycles. The van der Waals surface area contributed by atoms with Crippen molar-refractivity contribution in [1.82, 2.24) is 0 Å². The fourth-order valence-corrected chi connectivity index (χ4v) is 2.60. The third kappa shape index (κ3) is 2.85. The van der Waals surface area contributed by atoms with Gasteiger partial charge in [-0.2, -0.15) is 0 Å². The van der Waals surface area contributed by atoms with E-state index in [4.69, 9.17) is 4.99 Å². The number of rotatable bonds is 2. The van der Waals surface area contributed by atoms with Crippen molar-refractivity contribution in [2.75, 3.05) is 0 Å².